The van der Waals surface area contributed by atoms with Crippen molar-refractivity contribution in [3.05, 3.63) is 68.8 Å². The van der Waals surface area contributed by atoms with Crippen LogP contribution in [0, 0.1) is 3.57 Å². The van der Waals surface area contributed by atoms with Gasteiger partial charge in [0.25, 0.3) is 0 Å². The van der Waals surface area contributed by atoms with E-state index in [0.717, 1.165) is 39.1 Å². The largest absolute Gasteiger partial charge is 0.391 e. The number of likely N-dealkylation sites (tertiary alicyclic amines) is 2. The summed E-state index contributed by atoms with van der Waals surface area (Å²) in [6.07, 6.45) is 5.73. The molecule has 0 saturated carbocycles. The minimum Gasteiger partial charge on any atom is -0.391 e. The Morgan fingerprint density at radius 2 is 1.83 bits per heavy atom. The average molecular weight is 502 g/mol. The highest BCUT2D eigenvalue weighted by molar-refractivity contribution is 14.1. The number of hydrogen-bond donors (Lipinski definition) is 1. The van der Waals surface area contributed by atoms with E-state index in [4.69, 9.17) is 0 Å². The highest BCUT2D eigenvalue weighted by atomic mass is 127. The van der Waals surface area contributed by atoms with Crippen LogP contribution in [0.15, 0.2) is 48.5 Å². The molecule has 1 spiro atoms. The lowest BCUT2D eigenvalue weighted by molar-refractivity contribution is -0.0285. The lowest BCUT2D eigenvalue weighted by Crippen LogP contribution is -2.57. The van der Waals surface area contributed by atoms with E-state index in [9.17, 15) is 5.11 Å². The molecular weight excluding hydrogens is 471 g/mol. The molecule has 2 saturated heterocycles. The maximum atomic E-state index is 10.8. The summed E-state index contributed by atoms with van der Waals surface area (Å²) in [6.45, 7) is 5.20. The Hall–Kier alpha value is -0.950. The number of fused-ring (bicyclic) bond motifs is 2. The zero-order chi connectivity index (χ0) is 19.8. The van der Waals surface area contributed by atoms with E-state index in [1.807, 2.05) is 0 Å². The van der Waals surface area contributed by atoms with E-state index in [1.165, 1.54) is 34.8 Å². The van der Waals surface area contributed by atoms with Crippen molar-refractivity contribution in [1.29, 1.82) is 0 Å². The molecule has 2 heterocycles. The smallest absolute Gasteiger partial charge is 0.0720 e. The fraction of sp³-hybridized carbons (Fsp3) is 0.520. The monoisotopic (exact) mass is 502 g/mol. The molecule has 3 aliphatic rings. The quantitative estimate of drug-likeness (QED) is 0.638. The van der Waals surface area contributed by atoms with Gasteiger partial charge in [0.2, 0.25) is 0 Å². The molecule has 5 rings (SSSR count). The van der Waals surface area contributed by atoms with Gasteiger partial charge in [-0.1, -0.05) is 36.4 Å². The molecule has 0 radical (unpaired) electrons. The lowest BCUT2D eigenvalue weighted by atomic mass is 9.73. The van der Waals surface area contributed by atoms with Crippen LogP contribution in [0.4, 0.5) is 0 Å². The number of piperidine rings is 2. The molecule has 2 atom stereocenters. The van der Waals surface area contributed by atoms with Crippen LogP contribution in [-0.2, 0) is 18.4 Å². The van der Waals surface area contributed by atoms with Crippen LogP contribution in [0.5, 0.6) is 0 Å². The summed E-state index contributed by atoms with van der Waals surface area (Å²) in [5.41, 5.74) is 4.96. The van der Waals surface area contributed by atoms with Crippen molar-refractivity contribution in [2.75, 3.05) is 26.2 Å². The Bertz CT molecular complexity index is 861. The number of rotatable bonds is 3. The number of halogens is 1. The summed E-state index contributed by atoms with van der Waals surface area (Å²) in [6, 6.07) is 18.2. The van der Waals surface area contributed by atoms with Crippen LogP contribution in [-0.4, -0.2) is 53.2 Å². The molecule has 29 heavy (non-hydrogen) atoms. The van der Waals surface area contributed by atoms with Gasteiger partial charge in [-0.2, -0.15) is 0 Å². The number of aliphatic hydroxyl groups excluding tert-OH is 1. The first-order valence-corrected chi connectivity index (χ1v) is 12.2. The predicted molar refractivity (Wildman–Crippen MR) is 126 cm³/mol. The van der Waals surface area contributed by atoms with Gasteiger partial charge < -0.3 is 5.11 Å². The van der Waals surface area contributed by atoms with Gasteiger partial charge in [-0.15, -0.1) is 0 Å². The molecule has 2 unspecified atom stereocenters. The van der Waals surface area contributed by atoms with Crippen molar-refractivity contribution in [3.63, 3.8) is 0 Å². The van der Waals surface area contributed by atoms with Gasteiger partial charge in [-0.25, -0.2) is 0 Å². The molecule has 4 heteroatoms. The van der Waals surface area contributed by atoms with Crippen LogP contribution in [0.3, 0.4) is 0 Å². The Morgan fingerprint density at radius 3 is 2.66 bits per heavy atom. The van der Waals surface area contributed by atoms with Crippen molar-refractivity contribution in [2.24, 2.45) is 0 Å². The third kappa shape index (κ3) is 4.01. The fourth-order valence-corrected chi connectivity index (χ4v) is 6.56. The molecular formula is C25H31IN2O. The number of benzene rings is 2. The van der Waals surface area contributed by atoms with Crippen LogP contribution in [0.2, 0.25) is 0 Å². The highest BCUT2D eigenvalue weighted by Crippen LogP contribution is 2.46. The lowest BCUT2D eigenvalue weighted by Gasteiger charge is -2.47. The molecule has 0 amide bonds. The molecule has 1 N–H and O–H groups in total. The second-order valence-corrected chi connectivity index (χ2v) is 10.5. The van der Waals surface area contributed by atoms with Gasteiger partial charge in [-0.3, -0.25) is 9.80 Å². The third-order valence-corrected chi connectivity index (χ3v) is 8.28. The van der Waals surface area contributed by atoms with Crippen molar-refractivity contribution in [2.45, 2.75) is 56.2 Å². The van der Waals surface area contributed by atoms with Crippen molar-refractivity contribution in [1.82, 2.24) is 9.80 Å². The van der Waals surface area contributed by atoms with Crippen LogP contribution >= 0.6 is 22.6 Å². The number of aryl methyl sites for hydroxylation is 1. The van der Waals surface area contributed by atoms with Gasteiger partial charge >= 0.3 is 0 Å². The first-order chi connectivity index (χ1) is 14.1. The van der Waals surface area contributed by atoms with Crippen molar-refractivity contribution in [3.8, 4) is 0 Å². The average Bonchev–Trinajstić information content (AvgIpc) is 3.09. The zero-order valence-corrected chi connectivity index (χ0v) is 19.2. The minimum atomic E-state index is -0.188. The summed E-state index contributed by atoms with van der Waals surface area (Å²) in [5.74, 6) is 0. The molecule has 2 aromatic carbocycles. The SMILES string of the molecule is OC1CCN(Cc2cccc(I)c2)CC1N1CCC2(CCc3ccccc32)CC1. The minimum absolute atomic E-state index is 0.188. The maximum Gasteiger partial charge on any atom is 0.0720 e. The van der Waals surface area contributed by atoms with Gasteiger partial charge in [0.05, 0.1) is 6.10 Å². The molecule has 154 valence electrons. The van der Waals surface area contributed by atoms with Crippen molar-refractivity contribution < 1.29 is 5.11 Å². The van der Waals surface area contributed by atoms with E-state index in [0.29, 0.717) is 5.41 Å². The maximum absolute atomic E-state index is 10.8. The second kappa shape index (κ2) is 8.29. The molecule has 1 aliphatic carbocycles. The topological polar surface area (TPSA) is 26.7 Å². The van der Waals surface area contributed by atoms with E-state index < -0.39 is 0 Å². The Labute approximate surface area is 188 Å². The first-order valence-electron chi connectivity index (χ1n) is 11.1. The van der Waals surface area contributed by atoms with E-state index >= 15 is 0 Å². The third-order valence-electron chi connectivity index (χ3n) is 7.61. The van der Waals surface area contributed by atoms with Crippen molar-refractivity contribution >= 4 is 22.6 Å². The molecule has 2 aliphatic heterocycles. The van der Waals surface area contributed by atoms with E-state index in [2.05, 4.69) is 80.9 Å². The second-order valence-electron chi connectivity index (χ2n) is 9.26. The number of nitrogens with zero attached hydrogens (tertiary/aromatic N) is 2. The van der Waals surface area contributed by atoms with Crippen LogP contribution < -0.4 is 0 Å². The Morgan fingerprint density at radius 1 is 1.00 bits per heavy atom. The summed E-state index contributed by atoms with van der Waals surface area (Å²) in [4.78, 5) is 5.13. The molecule has 0 aromatic heterocycles. The normalized spacial score (nSPS) is 27.2. The van der Waals surface area contributed by atoms with Crippen LogP contribution in [0.1, 0.15) is 42.4 Å². The highest BCUT2D eigenvalue weighted by Gasteiger charge is 2.43. The van der Waals surface area contributed by atoms with Gasteiger partial charge in [0, 0.05) is 29.2 Å². The number of hydrogen-bond acceptors (Lipinski definition) is 3. The summed E-state index contributed by atoms with van der Waals surface area (Å²) in [7, 11) is 0. The van der Waals surface area contributed by atoms with E-state index in [-0.39, 0.29) is 12.1 Å². The molecule has 2 aromatic rings. The molecule has 2 fully saturated rings. The van der Waals surface area contributed by atoms with Gasteiger partial charge in [0.1, 0.15) is 0 Å². The fourth-order valence-electron chi connectivity index (χ4n) is 5.95. The van der Waals surface area contributed by atoms with E-state index in [1.54, 1.807) is 11.1 Å². The molecule has 0 bridgehead atoms. The van der Waals surface area contributed by atoms with Gasteiger partial charge in [0.15, 0.2) is 0 Å². The Kier molecular flexibility index (Phi) is 5.71. The van der Waals surface area contributed by atoms with Gasteiger partial charge in [-0.05, 0) is 102 Å². The summed E-state index contributed by atoms with van der Waals surface area (Å²) >= 11 is 2.39. The standard InChI is InChI=1S/C25H31IN2O/c26-21-6-3-4-19(16-21)17-27-13-9-24(29)23(18-27)28-14-11-25(12-15-28)10-8-20-5-1-2-7-22(20)25/h1-7,16,23-24,29H,8-15,17-18H2. The molecule has 3 nitrogen and oxygen atoms in total. The Balaban J connectivity index is 1.24. The van der Waals surface area contributed by atoms with Crippen LogP contribution in [0.25, 0.3) is 0 Å². The number of aliphatic hydroxyl groups is 1. The zero-order valence-electron chi connectivity index (χ0n) is 17.1. The first kappa shape index (κ1) is 20.0. The summed E-state index contributed by atoms with van der Waals surface area (Å²) in [5, 5.41) is 10.8. The predicted octanol–water partition coefficient (Wildman–Crippen LogP) is 4.21. The summed E-state index contributed by atoms with van der Waals surface area (Å²) < 4.78 is 1.30.